The van der Waals surface area contributed by atoms with Gasteiger partial charge < -0.3 is 14.8 Å². The Morgan fingerprint density at radius 2 is 1.81 bits per heavy atom. The summed E-state index contributed by atoms with van der Waals surface area (Å²) in [6.45, 7) is 0. The number of methoxy groups -OCH3 is 2. The molecule has 0 saturated heterocycles. The lowest BCUT2D eigenvalue weighted by atomic mass is 9.95. The van der Waals surface area contributed by atoms with Crippen molar-refractivity contribution in [3.05, 3.63) is 59.1 Å². The van der Waals surface area contributed by atoms with E-state index >= 15 is 0 Å². The molecule has 0 fully saturated rings. The molecule has 7 nitrogen and oxygen atoms in total. The van der Waals surface area contributed by atoms with Crippen molar-refractivity contribution in [3.63, 3.8) is 0 Å². The van der Waals surface area contributed by atoms with Gasteiger partial charge in [-0.3, -0.25) is 14.5 Å². The molecule has 1 aliphatic heterocycles. The molecule has 0 bridgehead atoms. The summed E-state index contributed by atoms with van der Waals surface area (Å²) in [5.41, 5.74) is -0.752. The quantitative estimate of drug-likeness (QED) is 0.811. The van der Waals surface area contributed by atoms with E-state index in [0.29, 0.717) is 16.4 Å². The van der Waals surface area contributed by atoms with Crippen molar-refractivity contribution < 1.29 is 23.9 Å². The van der Waals surface area contributed by atoms with Crippen LogP contribution < -0.4 is 10.2 Å². The molecule has 0 saturated carbocycles. The molecule has 1 heterocycles. The maximum atomic E-state index is 13.3. The Morgan fingerprint density at radius 1 is 1.11 bits per heavy atom. The molecule has 2 aromatic rings. The average Bonchev–Trinajstić information content (AvgIpc) is 2.68. The van der Waals surface area contributed by atoms with Crippen LogP contribution >= 0.6 is 11.6 Å². The van der Waals surface area contributed by atoms with Gasteiger partial charge in [0, 0.05) is 16.4 Å². The molecular weight excluding hydrogens is 372 g/mol. The highest BCUT2D eigenvalue weighted by Crippen LogP contribution is 2.38. The first-order chi connectivity index (χ1) is 12.9. The average molecular weight is 389 g/mol. The number of amides is 1. The highest BCUT2D eigenvalue weighted by atomic mass is 35.5. The van der Waals surface area contributed by atoms with Crippen molar-refractivity contribution in [3.8, 4) is 0 Å². The van der Waals surface area contributed by atoms with E-state index in [9.17, 15) is 14.4 Å². The van der Waals surface area contributed by atoms with Crippen molar-refractivity contribution in [2.45, 2.75) is 12.1 Å². The number of halogens is 1. The van der Waals surface area contributed by atoms with E-state index in [1.165, 1.54) is 25.2 Å². The minimum absolute atomic E-state index is 0.274. The van der Waals surface area contributed by atoms with Crippen LogP contribution in [-0.2, 0) is 19.1 Å². The van der Waals surface area contributed by atoms with Crippen molar-refractivity contribution in [2.24, 2.45) is 0 Å². The fourth-order valence-electron chi connectivity index (χ4n) is 3.08. The van der Waals surface area contributed by atoms with Crippen LogP contribution in [0.5, 0.6) is 0 Å². The van der Waals surface area contributed by atoms with Crippen molar-refractivity contribution in [2.75, 3.05) is 24.4 Å². The van der Waals surface area contributed by atoms with Gasteiger partial charge in [-0.1, -0.05) is 29.8 Å². The molecule has 1 unspecified atom stereocenters. The second-order valence-electron chi connectivity index (χ2n) is 5.90. The predicted octanol–water partition coefficient (Wildman–Crippen LogP) is 2.84. The second-order valence-corrected chi connectivity index (χ2v) is 6.33. The van der Waals surface area contributed by atoms with Crippen LogP contribution in [0.15, 0.2) is 48.5 Å². The minimum atomic E-state index is -1.80. The summed E-state index contributed by atoms with van der Waals surface area (Å²) in [7, 11) is 2.40. The van der Waals surface area contributed by atoms with E-state index in [-0.39, 0.29) is 5.56 Å². The summed E-state index contributed by atoms with van der Waals surface area (Å²) in [5.74, 6) is -1.98. The summed E-state index contributed by atoms with van der Waals surface area (Å²) in [5, 5.41) is 3.37. The first kappa shape index (κ1) is 18.7. The first-order valence-electron chi connectivity index (χ1n) is 8.05. The maximum Gasteiger partial charge on any atom is 0.353 e. The molecule has 140 valence electrons. The number of ether oxygens (including phenoxy) is 2. The summed E-state index contributed by atoms with van der Waals surface area (Å²) < 4.78 is 9.70. The largest absolute Gasteiger partial charge is 0.469 e. The Bertz CT molecular complexity index is 902. The Kier molecular flexibility index (Phi) is 5.05. The number of carbonyl (C=O) groups is 3. The van der Waals surface area contributed by atoms with Gasteiger partial charge in [0.25, 0.3) is 5.91 Å². The SMILES string of the molecule is COC(=O)CC1(C(=O)OC)Nc2ccc(Cl)cc2C(=O)N1c1ccccc1. The van der Waals surface area contributed by atoms with Crippen LogP contribution in [0.3, 0.4) is 0 Å². The zero-order valence-electron chi connectivity index (χ0n) is 14.7. The molecule has 0 aromatic heterocycles. The van der Waals surface area contributed by atoms with Crippen molar-refractivity contribution >= 4 is 40.8 Å². The normalized spacial score (nSPS) is 18.3. The predicted molar refractivity (Wildman–Crippen MR) is 99.7 cm³/mol. The lowest BCUT2D eigenvalue weighted by molar-refractivity contribution is -0.152. The van der Waals surface area contributed by atoms with Crippen LogP contribution in [-0.4, -0.2) is 37.7 Å². The van der Waals surface area contributed by atoms with Gasteiger partial charge in [0.15, 0.2) is 0 Å². The highest BCUT2D eigenvalue weighted by Gasteiger charge is 2.54. The highest BCUT2D eigenvalue weighted by molar-refractivity contribution is 6.31. The number of carbonyl (C=O) groups excluding carboxylic acids is 3. The van der Waals surface area contributed by atoms with Crippen LogP contribution in [0.25, 0.3) is 0 Å². The number of nitrogens with one attached hydrogen (secondary N) is 1. The lowest BCUT2D eigenvalue weighted by Crippen LogP contribution is -2.66. The molecule has 0 spiro atoms. The molecule has 0 aliphatic carbocycles. The maximum absolute atomic E-state index is 13.3. The van der Waals surface area contributed by atoms with Gasteiger partial charge in [-0.25, -0.2) is 4.79 Å². The number of fused-ring (bicyclic) bond motifs is 1. The van der Waals surface area contributed by atoms with Gasteiger partial charge in [-0.15, -0.1) is 0 Å². The van der Waals surface area contributed by atoms with Gasteiger partial charge >= 0.3 is 11.9 Å². The van der Waals surface area contributed by atoms with Gasteiger partial charge in [0.05, 0.1) is 26.2 Å². The van der Waals surface area contributed by atoms with Crippen LogP contribution in [0.2, 0.25) is 5.02 Å². The summed E-state index contributed by atoms with van der Waals surface area (Å²) in [6.07, 6.45) is -0.446. The molecule has 1 N–H and O–H groups in total. The number of rotatable bonds is 4. The molecule has 1 aliphatic rings. The third-order valence-electron chi connectivity index (χ3n) is 4.30. The number of esters is 2. The third kappa shape index (κ3) is 3.21. The molecule has 1 atom stereocenters. The lowest BCUT2D eigenvalue weighted by Gasteiger charge is -2.45. The Hall–Kier alpha value is -3.06. The van der Waals surface area contributed by atoms with E-state index in [0.717, 1.165) is 0 Å². The smallest absolute Gasteiger partial charge is 0.353 e. The van der Waals surface area contributed by atoms with Gasteiger partial charge in [0.1, 0.15) is 0 Å². The fraction of sp³-hybridized carbons (Fsp3) is 0.211. The summed E-state index contributed by atoms with van der Waals surface area (Å²) in [4.78, 5) is 39.5. The van der Waals surface area contributed by atoms with Gasteiger partial charge in [-0.05, 0) is 30.3 Å². The molecule has 2 aromatic carbocycles. The Morgan fingerprint density at radius 3 is 2.44 bits per heavy atom. The molecule has 27 heavy (non-hydrogen) atoms. The monoisotopic (exact) mass is 388 g/mol. The Balaban J connectivity index is 2.26. The van der Waals surface area contributed by atoms with Crippen LogP contribution in [0.1, 0.15) is 16.8 Å². The zero-order chi connectivity index (χ0) is 19.6. The standard InChI is InChI=1S/C19H17ClN2O5/c1-26-16(23)11-19(18(25)27-2)21-15-9-8-12(20)10-14(15)17(24)22(19)13-6-4-3-5-7-13/h3-10,21H,11H2,1-2H3. The van der Waals surface area contributed by atoms with Gasteiger partial charge in [0.2, 0.25) is 5.66 Å². The molecule has 0 radical (unpaired) electrons. The topological polar surface area (TPSA) is 84.9 Å². The molecular formula is C19H17ClN2O5. The van der Waals surface area contributed by atoms with Crippen LogP contribution in [0.4, 0.5) is 11.4 Å². The van der Waals surface area contributed by atoms with Crippen LogP contribution in [0, 0.1) is 0 Å². The third-order valence-corrected chi connectivity index (χ3v) is 4.54. The van der Waals surface area contributed by atoms with E-state index < -0.39 is 29.9 Å². The zero-order valence-corrected chi connectivity index (χ0v) is 15.4. The van der Waals surface area contributed by atoms with Gasteiger partial charge in [-0.2, -0.15) is 0 Å². The van der Waals surface area contributed by atoms with E-state index in [2.05, 4.69) is 5.32 Å². The van der Waals surface area contributed by atoms with E-state index in [4.69, 9.17) is 21.1 Å². The fourth-order valence-corrected chi connectivity index (χ4v) is 3.25. The first-order valence-corrected chi connectivity index (χ1v) is 8.43. The molecule has 3 rings (SSSR count). The second kappa shape index (κ2) is 7.28. The van der Waals surface area contributed by atoms with E-state index in [1.807, 2.05) is 0 Å². The summed E-state index contributed by atoms with van der Waals surface area (Å²) in [6, 6.07) is 13.2. The number of anilines is 2. The number of hydrogen-bond acceptors (Lipinski definition) is 6. The Labute approximate surface area is 160 Å². The molecule has 1 amide bonds. The van der Waals surface area contributed by atoms with Crippen molar-refractivity contribution in [1.82, 2.24) is 0 Å². The minimum Gasteiger partial charge on any atom is -0.469 e. The molecule has 8 heteroatoms. The summed E-state index contributed by atoms with van der Waals surface area (Å²) >= 11 is 6.04. The van der Waals surface area contributed by atoms with E-state index in [1.54, 1.807) is 42.5 Å². The number of para-hydroxylation sites is 1. The number of nitrogens with zero attached hydrogens (tertiary/aromatic N) is 1. The van der Waals surface area contributed by atoms with Crippen molar-refractivity contribution in [1.29, 1.82) is 0 Å². The number of hydrogen-bond donors (Lipinski definition) is 1. The number of benzene rings is 2.